The minimum absolute atomic E-state index is 0.556. The van der Waals surface area contributed by atoms with Gasteiger partial charge in [-0.05, 0) is 25.7 Å². The number of nitrogens with zero attached hydrogens (tertiary/aromatic N) is 3. The Labute approximate surface area is 109 Å². The van der Waals surface area contributed by atoms with Crippen LogP contribution in [0.4, 0.5) is 0 Å². The highest BCUT2D eigenvalue weighted by molar-refractivity contribution is 5.04. The van der Waals surface area contributed by atoms with E-state index in [0.717, 1.165) is 44.3 Å². The van der Waals surface area contributed by atoms with Crippen molar-refractivity contribution in [3.8, 4) is 0 Å². The van der Waals surface area contributed by atoms with Crippen molar-refractivity contribution in [2.45, 2.75) is 57.2 Å². The Morgan fingerprint density at radius 1 is 1.50 bits per heavy atom. The first kappa shape index (κ1) is 12.2. The van der Waals surface area contributed by atoms with Crippen molar-refractivity contribution >= 4 is 0 Å². The fourth-order valence-electron chi connectivity index (χ4n) is 3.03. The summed E-state index contributed by atoms with van der Waals surface area (Å²) in [4.78, 5) is 6.86. The van der Waals surface area contributed by atoms with Crippen molar-refractivity contribution in [3.05, 3.63) is 18.2 Å². The normalized spacial score (nSPS) is 29.0. The summed E-state index contributed by atoms with van der Waals surface area (Å²) in [5.41, 5.74) is -0.556. The molecule has 1 aromatic rings. The first-order valence-electron chi connectivity index (χ1n) is 7.17. The summed E-state index contributed by atoms with van der Waals surface area (Å²) in [7, 11) is 0. The Hall–Kier alpha value is -0.870. The molecule has 1 unspecified atom stereocenters. The summed E-state index contributed by atoms with van der Waals surface area (Å²) in [5, 5.41) is 10.7. The Kier molecular flexibility index (Phi) is 3.16. The number of imidazole rings is 1. The van der Waals surface area contributed by atoms with E-state index in [0.29, 0.717) is 6.42 Å². The van der Waals surface area contributed by atoms with Crippen molar-refractivity contribution in [3.63, 3.8) is 0 Å². The molecule has 4 nitrogen and oxygen atoms in total. The van der Waals surface area contributed by atoms with E-state index >= 15 is 0 Å². The summed E-state index contributed by atoms with van der Waals surface area (Å²) >= 11 is 0. The van der Waals surface area contributed by atoms with Crippen LogP contribution in [0.5, 0.6) is 0 Å². The minimum Gasteiger partial charge on any atom is -0.388 e. The first-order chi connectivity index (χ1) is 8.70. The lowest BCUT2D eigenvalue weighted by atomic mass is 9.98. The summed E-state index contributed by atoms with van der Waals surface area (Å²) in [6.07, 6.45) is 9.21. The molecule has 0 radical (unpaired) electrons. The van der Waals surface area contributed by atoms with Crippen LogP contribution in [0.3, 0.4) is 0 Å². The lowest BCUT2D eigenvalue weighted by Crippen LogP contribution is -2.37. The molecule has 2 heterocycles. The number of rotatable bonds is 5. The molecule has 1 aliphatic carbocycles. The van der Waals surface area contributed by atoms with E-state index in [1.54, 1.807) is 0 Å². The Morgan fingerprint density at radius 3 is 3.06 bits per heavy atom. The van der Waals surface area contributed by atoms with Crippen LogP contribution in [0.1, 0.15) is 38.4 Å². The highest BCUT2D eigenvalue weighted by atomic mass is 16.3. The van der Waals surface area contributed by atoms with Gasteiger partial charge in [-0.3, -0.25) is 4.90 Å². The first-order valence-corrected chi connectivity index (χ1v) is 7.17. The van der Waals surface area contributed by atoms with E-state index < -0.39 is 5.60 Å². The van der Waals surface area contributed by atoms with Crippen molar-refractivity contribution in [1.82, 2.24) is 14.5 Å². The number of hydrogen-bond acceptors (Lipinski definition) is 3. The molecule has 2 aliphatic rings. The van der Waals surface area contributed by atoms with Crippen LogP contribution in [0.25, 0.3) is 0 Å². The van der Waals surface area contributed by atoms with E-state index in [2.05, 4.69) is 21.4 Å². The van der Waals surface area contributed by atoms with Gasteiger partial charge in [-0.25, -0.2) is 4.98 Å². The summed E-state index contributed by atoms with van der Waals surface area (Å²) < 4.78 is 2.18. The number of β-amino-alcohol motifs (C(OH)–C–C–N with tert-alkyl or cyclic N) is 1. The van der Waals surface area contributed by atoms with Gasteiger partial charge in [0.25, 0.3) is 0 Å². The fourth-order valence-corrected chi connectivity index (χ4v) is 3.03. The van der Waals surface area contributed by atoms with Crippen LogP contribution in [-0.4, -0.2) is 44.3 Å². The molecule has 1 aliphatic heterocycles. The third-order valence-electron chi connectivity index (χ3n) is 4.18. The molecule has 3 rings (SSSR count). The molecule has 1 aromatic heterocycles. The van der Waals surface area contributed by atoms with Gasteiger partial charge in [0.15, 0.2) is 0 Å². The molecule has 0 bridgehead atoms. The Balaban J connectivity index is 1.65. The van der Waals surface area contributed by atoms with E-state index in [9.17, 15) is 5.11 Å². The maximum Gasteiger partial charge on any atom is 0.111 e. The van der Waals surface area contributed by atoms with Crippen molar-refractivity contribution < 1.29 is 5.11 Å². The quantitative estimate of drug-likeness (QED) is 0.858. The molecule has 1 saturated heterocycles. The van der Waals surface area contributed by atoms with Gasteiger partial charge < -0.3 is 9.67 Å². The van der Waals surface area contributed by atoms with Gasteiger partial charge in [0.1, 0.15) is 5.82 Å². The molecule has 1 N–H and O–H groups in total. The second-order valence-corrected chi connectivity index (χ2v) is 5.89. The van der Waals surface area contributed by atoms with Gasteiger partial charge in [0.2, 0.25) is 0 Å². The molecule has 18 heavy (non-hydrogen) atoms. The Bertz CT molecular complexity index is 413. The third kappa shape index (κ3) is 2.45. The van der Waals surface area contributed by atoms with Gasteiger partial charge in [-0.2, -0.15) is 0 Å². The largest absolute Gasteiger partial charge is 0.388 e. The molecule has 4 heteroatoms. The van der Waals surface area contributed by atoms with Gasteiger partial charge in [-0.1, -0.05) is 6.92 Å². The topological polar surface area (TPSA) is 41.3 Å². The molecule has 0 spiro atoms. The average molecular weight is 249 g/mol. The second-order valence-electron chi connectivity index (χ2n) is 5.89. The summed E-state index contributed by atoms with van der Waals surface area (Å²) in [5.74, 6) is 1.04. The molecular weight excluding hydrogens is 226 g/mol. The SMILES string of the molecule is CCCn1ccnc1CC1(O)CCN(C2CC2)C1. The van der Waals surface area contributed by atoms with Crippen LogP contribution < -0.4 is 0 Å². The summed E-state index contributed by atoms with van der Waals surface area (Å²) in [6, 6.07) is 0.759. The predicted molar refractivity (Wildman–Crippen MR) is 70.4 cm³/mol. The summed E-state index contributed by atoms with van der Waals surface area (Å²) in [6.45, 7) is 5.05. The van der Waals surface area contributed by atoms with E-state index in [1.165, 1.54) is 12.8 Å². The molecule has 100 valence electrons. The van der Waals surface area contributed by atoms with Crippen molar-refractivity contribution in [2.24, 2.45) is 0 Å². The fraction of sp³-hybridized carbons (Fsp3) is 0.786. The molecule has 0 aromatic carbocycles. The second kappa shape index (κ2) is 4.67. The van der Waals surface area contributed by atoms with Crippen LogP contribution in [0, 0.1) is 0 Å². The third-order valence-corrected chi connectivity index (χ3v) is 4.18. The van der Waals surface area contributed by atoms with Gasteiger partial charge in [-0.15, -0.1) is 0 Å². The zero-order chi connectivity index (χ0) is 12.6. The van der Waals surface area contributed by atoms with Crippen LogP contribution in [0.15, 0.2) is 12.4 Å². The maximum atomic E-state index is 10.7. The van der Waals surface area contributed by atoms with E-state index in [4.69, 9.17) is 0 Å². The molecular formula is C14H23N3O. The standard InChI is InChI=1S/C14H23N3O/c1-2-7-16-9-6-15-13(16)10-14(18)5-8-17(11-14)12-3-4-12/h6,9,12,18H,2-5,7-8,10-11H2,1H3. The number of aliphatic hydroxyl groups is 1. The van der Waals surface area contributed by atoms with Gasteiger partial charge in [0.05, 0.1) is 5.60 Å². The zero-order valence-electron chi connectivity index (χ0n) is 11.2. The highest BCUT2D eigenvalue weighted by Crippen LogP contribution is 2.34. The van der Waals surface area contributed by atoms with E-state index in [-0.39, 0.29) is 0 Å². The van der Waals surface area contributed by atoms with Crippen LogP contribution in [-0.2, 0) is 13.0 Å². The smallest absolute Gasteiger partial charge is 0.111 e. The number of likely N-dealkylation sites (tertiary alicyclic amines) is 1. The number of aryl methyl sites for hydroxylation is 1. The lowest BCUT2D eigenvalue weighted by molar-refractivity contribution is 0.0459. The van der Waals surface area contributed by atoms with Crippen LogP contribution in [0.2, 0.25) is 0 Å². The van der Waals surface area contributed by atoms with Crippen molar-refractivity contribution in [2.75, 3.05) is 13.1 Å². The van der Waals surface area contributed by atoms with Crippen molar-refractivity contribution in [1.29, 1.82) is 0 Å². The monoisotopic (exact) mass is 249 g/mol. The predicted octanol–water partition coefficient (Wildman–Crippen LogP) is 1.43. The lowest BCUT2D eigenvalue weighted by Gasteiger charge is -2.23. The number of aromatic nitrogens is 2. The molecule has 2 fully saturated rings. The zero-order valence-corrected chi connectivity index (χ0v) is 11.2. The van der Waals surface area contributed by atoms with E-state index in [1.807, 2.05) is 12.4 Å². The van der Waals surface area contributed by atoms with Gasteiger partial charge in [0, 0.05) is 44.5 Å². The molecule has 1 atom stereocenters. The molecule has 0 amide bonds. The highest BCUT2D eigenvalue weighted by Gasteiger charge is 2.42. The van der Waals surface area contributed by atoms with Crippen LogP contribution >= 0.6 is 0 Å². The Morgan fingerprint density at radius 2 is 2.33 bits per heavy atom. The molecule has 1 saturated carbocycles. The average Bonchev–Trinajstić information content (AvgIpc) is 3.00. The van der Waals surface area contributed by atoms with Gasteiger partial charge >= 0.3 is 0 Å². The minimum atomic E-state index is -0.556. The number of hydrogen-bond donors (Lipinski definition) is 1. The maximum absolute atomic E-state index is 10.7.